The Bertz CT molecular complexity index is 443. The van der Waals surface area contributed by atoms with E-state index in [1.54, 1.807) is 6.07 Å². The molecular weight excluding hydrogens is 217 g/mol. The molecule has 0 aromatic heterocycles. The van der Waals surface area contributed by atoms with Gasteiger partial charge in [0, 0.05) is 12.5 Å². The maximum absolute atomic E-state index is 13.2. The lowest BCUT2D eigenvalue weighted by atomic mass is 9.95. The molecule has 2 nitrogen and oxygen atoms in total. The molecule has 2 rings (SSSR count). The third-order valence-corrected chi connectivity index (χ3v) is 3.27. The van der Waals surface area contributed by atoms with Gasteiger partial charge in [0.1, 0.15) is 5.82 Å². The van der Waals surface area contributed by atoms with Crippen LogP contribution in [0.4, 0.5) is 4.39 Å². The normalized spacial score (nSPS) is 28.5. The zero-order chi connectivity index (χ0) is 11.1. The molecule has 1 aromatic carbocycles. The summed E-state index contributed by atoms with van der Waals surface area (Å²) < 4.78 is 13.2. The molecule has 1 saturated carbocycles. The molecule has 0 radical (unpaired) electrons. The van der Waals surface area contributed by atoms with Gasteiger partial charge in [0.15, 0.2) is 0 Å². The molecule has 1 aromatic rings. The molecule has 0 aliphatic heterocycles. The van der Waals surface area contributed by atoms with Crippen molar-refractivity contribution in [2.75, 3.05) is 6.61 Å². The molecule has 1 fully saturated rings. The molecule has 1 N–H and O–H groups in total. The Labute approximate surface area is 91.9 Å². The molecule has 78 valence electrons. The first-order valence-electron chi connectivity index (χ1n) is 4.61. The van der Waals surface area contributed by atoms with Crippen LogP contribution < -0.4 is 0 Å². The molecule has 1 aliphatic carbocycles. The molecule has 0 heterocycles. The Kier molecular flexibility index (Phi) is 2.41. The van der Waals surface area contributed by atoms with Gasteiger partial charge in [0.2, 0.25) is 0 Å². The van der Waals surface area contributed by atoms with E-state index in [4.69, 9.17) is 22.0 Å². The van der Waals surface area contributed by atoms with Crippen LogP contribution in [0.5, 0.6) is 0 Å². The van der Waals surface area contributed by atoms with E-state index in [9.17, 15) is 4.39 Å². The Balaban J connectivity index is 2.39. The van der Waals surface area contributed by atoms with Crippen molar-refractivity contribution in [2.24, 2.45) is 5.92 Å². The van der Waals surface area contributed by atoms with E-state index in [1.807, 2.05) is 0 Å². The van der Waals surface area contributed by atoms with Crippen LogP contribution in [-0.2, 0) is 5.41 Å². The number of nitriles is 1. The van der Waals surface area contributed by atoms with Crippen LogP contribution in [-0.4, -0.2) is 11.7 Å². The Hall–Kier alpha value is -1.11. The lowest BCUT2D eigenvalue weighted by molar-refractivity contribution is 0.269. The molecule has 0 saturated heterocycles. The van der Waals surface area contributed by atoms with Gasteiger partial charge >= 0.3 is 0 Å². The first kappa shape index (κ1) is 10.4. The maximum atomic E-state index is 13.2. The van der Waals surface area contributed by atoms with Crippen molar-refractivity contribution in [2.45, 2.75) is 11.8 Å². The van der Waals surface area contributed by atoms with Crippen molar-refractivity contribution < 1.29 is 9.50 Å². The highest BCUT2D eigenvalue weighted by Crippen LogP contribution is 2.53. The second-order valence-corrected chi connectivity index (χ2v) is 4.20. The summed E-state index contributed by atoms with van der Waals surface area (Å²) in [6, 6.07) is 6.51. The minimum atomic E-state index is -0.708. The second-order valence-electron chi connectivity index (χ2n) is 3.80. The second kappa shape index (κ2) is 3.48. The predicted octanol–water partition coefficient (Wildman–Crippen LogP) is 2.25. The van der Waals surface area contributed by atoms with Gasteiger partial charge in [-0.25, -0.2) is 4.39 Å². The largest absolute Gasteiger partial charge is 0.396 e. The summed E-state index contributed by atoms with van der Waals surface area (Å²) in [5, 5.41) is 18.1. The lowest BCUT2D eigenvalue weighted by Crippen LogP contribution is -2.09. The zero-order valence-corrected chi connectivity index (χ0v) is 8.63. The third kappa shape index (κ3) is 1.50. The van der Waals surface area contributed by atoms with Crippen LogP contribution in [0.15, 0.2) is 18.2 Å². The van der Waals surface area contributed by atoms with Crippen molar-refractivity contribution >= 4 is 11.6 Å². The smallest absolute Gasteiger partial charge is 0.142 e. The quantitative estimate of drug-likeness (QED) is 0.839. The van der Waals surface area contributed by atoms with Crippen LogP contribution in [0.1, 0.15) is 12.0 Å². The van der Waals surface area contributed by atoms with Crippen molar-refractivity contribution in [1.29, 1.82) is 5.26 Å². The van der Waals surface area contributed by atoms with E-state index in [0.717, 1.165) is 0 Å². The van der Waals surface area contributed by atoms with Gasteiger partial charge in [-0.2, -0.15) is 5.26 Å². The Morgan fingerprint density at radius 1 is 1.67 bits per heavy atom. The van der Waals surface area contributed by atoms with Gasteiger partial charge in [-0.1, -0.05) is 17.7 Å². The summed E-state index contributed by atoms with van der Waals surface area (Å²) in [4.78, 5) is 0. The summed E-state index contributed by atoms with van der Waals surface area (Å²) in [5.74, 6) is -0.601. The molecule has 0 spiro atoms. The summed E-state index contributed by atoms with van der Waals surface area (Å²) in [6.45, 7) is -0.0438. The Morgan fingerprint density at radius 3 is 2.87 bits per heavy atom. The van der Waals surface area contributed by atoms with Crippen LogP contribution in [0, 0.1) is 23.1 Å². The molecule has 0 bridgehead atoms. The van der Waals surface area contributed by atoms with Gasteiger partial charge in [0.25, 0.3) is 0 Å². The fourth-order valence-corrected chi connectivity index (χ4v) is 2.00. The van der Waals surface area contributed by atoms with E-state index in [1.165, 1.54) is 12.1 Å². The molecule has 4 heteroatoms. The standard InChI is InChI=1S/C11H9ClFNO/c12-9-2-1-7(3-10(9)13)11(6-14)4-8(11)5-15/h1-3,8,15H,4-5H2/t8-,11+/m0/s1. The summed E-state index contributed by atoms with van der Waals surface area (Å²) >= 11 is 5.56. The number of hydrogen-bond acceptors (Lipinski definition) is 2. The van der Waals surface area contributed by atoms with Crippen LogP contribution >= 0.6 is 11.6 Å². The molecule has 0 amide bonds. The number of aliphatic hydroxyl groups excluding tert-OH is 1. The minimum Gasteiger partial charge on any atom is -0.396 e. The monoisotopic (exact) mass is 225 g/mol. The van der Waals surface area contributed by atoms with Crippen LogP contribution in [0.25, 0.3) is 0 Å². The fourth-order valence-electron chi connectivity index (χ4n) is 1.88. The molecule has 2 atom stereocenters. The van der Waals surface area contributed by atoms with E-state index in [2.05, 4.69) is 6.07 Å². The number of hydrogen-bond donors (Lipinski definition) is 1. The van der Waals surface area contributed by atoms with Crippen molar-refractivity contribution in [3.63, 3.8) is 0 Å². The average Bonchev–Trinajstić information content (AvgIpc) is 2.97. The zero-order valence-electron chi connectivity index (χ0n) is 7.87. The first-order chi connectivity index (χ1) is 7.14. The lowest BCUT2D eigenvalue weighted by Gasteiger charge is -2.08. The maximum Gasteiger partial charge on any atom is 0.142 e. The number of aliphatic hydroxyl groups is 1. The van der Waals surface area contributed by atoms with Crippen molar-refractivity contribution in [3.8, 4) is 6.07 Å². The molecule has 0 unspecified atom stereocenters. The summed E-state index contributed by atoms with van der Waals surface area (Å²) in [5.41, 5.74) is -0.105. The highest BCUT2D eigenvalue weighted by atomic mass is 35.5. The van der Waals surface area contributed by atoms with Crippen molar-refractivity contribution in [1.82, 2.24) is 0 Å². The van der Waals surface area contributed by atoms with E-state index in [-0.39, 0.29) is 17.5 Å². The first-order valence-corrected chi connectivity index (χ1v) is 4.99. The molecule has 15 heavy (non-hydrogen) atoms. The number of rotatable bonds is 2. The predicted molar refractivity (Wildman–Crippen MR) is 53.9 cm³/mol. The van der Waals surface area contributed by atoms with Gasteiger partial charge in [-0.3, -0.25) is 0 Å². The number of benzene rings is 1. The van der Waals surface area contributed by atoms with Gasteiger partial charge in [-0.15, -0.1) is 0 Å². The Morgan fingerprint density at radius 2 is 2.40 bits per heavy atom. The van der Waals surface area contributed by atoms with E-state index < -0.39 is 11.2 Å². The fraction of sp³-hybridized carbons (Fsp3) is 0.364. The third-order valence-electron chi connectivity index (χ3n) is 2.96. The van der Waals surface area contributed by atoms with E-state index >= 15 is 0 Å². The van der Waals surface area contributed by atoms with Gasteiger partial charge in [0.05, 0.1) is 16.5 Å². The summed E-state index contributed by atoms with van der Waals surface area (Å²) in [7, 11) is 0. The highest BCUT2D eigenvalue weighted by Gasteiger charge is 2.55. The van der Waals surface area contributed by atoms with Gasteiger partial charge < -0.3 is 5.11 Å². The number of nitrogens with zero attached hydrogens (tertiary/aromatic N) is 1. The highest BCUT2D eigenvalue weighted by molar-refractivity contribution is 6.30. The van der Waals surface area contributed by atoms with Crippen LogP contribution in [0.3, 0.4) is 0 Å². The molecular formula is C11H9ClFNO. The average molecular weight is 226 g/mol. The van der Waals surface area contributed by atoms with Crippen molar-refractivity contribution in [3.05, 3.63) is 34.6 Å². The summed E-state index contributed by atoms with van der Waals surface area (Å²) in [6.07, 6.45) is 0.584. The SMILES string of the molecule is N#C[C@@]1(c2ccc(Cl)c(F)c2)C[C@H]1CO. The van der Waals surface area contributed by atoms with Gasteiger partial charge in [-0.05, 0) is 24.1 Å². The number of halogens is 2. The van der Waals surface area contributed by atoms with Crippen LogP contribution in [0.2, 0.25) is 5.02 Å². The topological polar surface area (TPSA) is 44.0 Å². The molecule has 1 aliphatic rings. The van der Waals surface area contributed by atoms with E-state index in [0.29, 0.717) is 12.0 Å². The minimum absolute atomic E-state index is 0.0438.